The number of carbonyl (C=O) groups is 1. The molecule has 3 rings (SSSR count). The Morgan fingerprint density at radius 1 is 1.12 bits per heavy atom. The number of hydrogen-bond acceptors (Lipinski definition) is 4. The van der Waals surface area contributed by atoms with Crippen LogP contribution in [0, 0.1) is 0 Å². The Morgan fingerprint density at radius 3 is 2.48 bits per heavy atom. The molecule has 1 aliphatic rings. The summed E-state index contributed by atoms with van der Waals surface area (Å²) < 4.78 is 5.39. The Bertz CT molecular complexity index is 710. The minimum Gasteiger partial charge on any atom is -0.385 e. The molecule has 1 aliphatic heterocycles. The third-order valence-electron chi connectivity index (χ3n) is 4.43. The highest BCUT2D eigenvalue weighted by Gasteiger charge is 2.27. The fraction of sp³-hybridized carbons (Fsp3) is 0.350. The lowest BCUT2D eigenvalue weighted by molar-refractivity contribution is -0.120. The number of morpholine rings is 1. The Balaban J connectivity index is 1.71. The van der Waals surface area contributed by atoms with Gasteiger partial charge in [-0.3, -0.25) is 4.79 Å². The molecule has 5 nitrogen and oxygen atoms in total. The van der Waals surface area contributed by atoms with E-state index in [1.165, 1.54) is 0 Å². The van der Waals surface area contributed by atoms with Crippen molar-refractivity contribution < 1.29 is 14.6 Å². The Hall–Kier alpha value is -2.37. The number of carbonyl (C=O) groups excluding carboxylic acids is 1. The van der Waals surface area contributed by atoms with E-state index in [1.807, 2.05) is 54.6 Å². The lowest BCUT2D eigenvalue weighted by atomic mass is 9.92. The number of amides is 1. The monoisotopic (exact) mass is 340 g/mol. The maximum Gasteiger partial charge on any atom is 0.227 e. The molecule has 5 heteroatoms. The molecule has 0 bridgehead atoms. The first-order valence-corrected chi connectivity index (χ1v) is 8.56. The molecule has 25 heavy (non-hydrogen) atoms. The first-order valence-electron chi connectivity index (χ1n) is 8.56. The Morgan fingerprint density at radius 2 is 1.76 bits per heavy atom. The van der Waals surface area contributed by atoms with E-state index in [1.54, 1.807) is 6.92 Å². The number of benzene rings is 2. The van der Waals surface area contributed by atoms with E-state index in [0.29, 0.717) is 13.2 Å². The number of para-hydroxylation sites is 2. The van der Waals surface area contributed by atoms with Crippen molar-refractivity contribution in [1.29, 1.82) is 0 Å². The molecule has 1 heterocycles. The maximum atomic E-state index is 12.5. The molecule has 1 atom stereocenters. The van der Waals surface area contributed by atoms with Crippen molar-refractivity contribution in [2.75, 3.05) is 36.5 Å². The predicted octanol–water partition coefficient (Wildman–Crippen LogP) is 2.76. The van der Waals surface area contributed by atoms with E-state index < -0.39 is 5.60 Å². The second kappa shape index (κ2) is 7.68. The highest BCUT2D eigenvalue weighted by molar-refractivity contribution is 5.95. The molecule has 0 unspecified atom stereocenters. The molecule has 1 saturated heterocycles. The van der Waals surface area contributed by atoms with Gasteiger partial charge in [-0.05, 0) is 24.6 Å². The summed E-state index contributed by atoms with van der Waals surface area (Å²) in [5, 5.41) is 13.6. The fourth-order valence-electron chi connectivity index (χ4n) is 3.07. The molecule has 2 N–H and O–H groups in total. The molecule has 2 aromatic rings. The third kappa shape index (κ3) is 4.38. The zero-order valence-electron chi connectivity index (χ0n) is 14.4. The van der Waals surface area contributed by atoms with Crippen LogP contribution in [0.1, 0.15) is 18.9 Å². The van der Waals surface area contributed by atoms with Gasteiger partial charge in [0.05, 0.1) is 36.6 Å². The van der Waals surface area contributed by atoms with Gasteiger partial charge in [0.25, 0.3) is 0 Å². The van der Waals surface area contributed by atoms with Gasteiger partial charge in [0, 0.05) is 13.1 Å². The number of rotatable bonds is 5. The molecule has 132 valence electrons. The van der Waals surface area contributed by atoms with Gasteiger partial charge in [-0.25, -0.2) is 0 Å². The van der Waals surface area contributed by atoms with Crippen molar-refractivity contribution in [3.63, 3.8) is 0 Å². The average molecular weight is 340 g/mol. The molecule has 0 aliphatic carbocycles. The molecular weight excluding hydrogens is 316 g/mol. The molecule has 1 amide bonds. The van der Waals surface area contributed by atoms with E-state index in [-0.39, 0.29) is 12.3 Å². The highest BCUT2D eigenvalue weighted by Crippen LogP contribution is 2.29. The Kier molecular flexibility index (Phi) is 5.36. The van der Waals surface area contributed by atoms with E-state index in [9.17, 15) is 9.90 Å². The van der Waals surface area contributed by atoms with Crippen LogP contribution in [0.25, 0.3) is 0 Å². The predicted molar refractivity (Wildman–Crippen MR) is 98.7 cm³/mol. The minimum atomic E-state index is -1.21. The van der Waals surface area contributed by atoms with Gasteiger partial charge < -0.3 is 20.1 Å². The van der Waals surface area contributed by atoms with E-state index in [0.717, 1.165) is 30.0 Å². The van der Waals surface area contributed by atoms with Crippen molar-refractivity contribution in [3.8, 4) is 0 Å². The normalized spacial score (nSPS) is 17.0. The van der Waals surface area contributed by atoms with E-state index >= 15 is 0 Å². The molecular formula is C20H24N2O3. The summed E-state index contributed by atoms with van der Waals surface area (Å²) in [4.78, 5) is 14.7. The summed E-state index contributed by atoms with van der Waals surface area (Å²) in [5.41, 5.74) is 1.27. The number of nitrogens with zero attached hydrogens (tertiary/aromatic N) is 1. The van der Waals surface area contributed by atoms with Crippen molar-refractivity contribution in [2.24, 2.45) is 0 Å². The zero-order chi connectivity index (χ0) is 17.7. The summed E-state index contributed by atoms with van der Waals surface area (Å²) in [6.45, 7) is 4.63. The van der Waals surface area contributed by atoms with Crippen LogP contribution in [0.4, 0.5) is 11.4 Å². The van der Waals surface area contributed by atoms with Gasteiger partial charge in [-0.2, -0.15) is 0 Å². The van der Waals surface area contributed by atoms with E-state index in [2.05, 4.69) is 10.2 Å². The first kappa shape index (κ1) is 17.5. The first-order chi connectivity index (χ1) is 12.1. The van der Waals surface area contributed by atoms with Gasteiger partial charge in [-0.1, -0.05) is 42.5 Å². The third-order valence-corrected chi connectivity index (χ3v) is 4.43. The number of hydrogen-bond donors (Lipinski definition) is 2. The quantitative estimate of drug-likeness (QED) is 0.879. The highest BCUT2D eigenvalue weighted by atomic mass is 16.5. The van der Waals surface area contributed by atoms with Crippen molar-refractivity contribution in [1.82, 2.24) is 0 Å². The van der Waals surface area contributed by atoms with E-state index in [4.69, 9.17) is 4.74 Å². The topological polar surface area (TPSA) is 61.8 Å². The van der Waals surface area contributed by atoms with Gasteiger partial charge >= 0.3 is 0 Å². The van der Waals surface area contributed by atoms with Crippen LogP contribution in [0.3, 0.4) is 0 Å². The number of nitrogens with one attached hydrogen (secondary N) is 1. The molecule has 0 saturated carbocycles. The summed E-state index contributed by atoms with van der Waals surface area (Å²) in [6, 6.07) is 17.0. The standard InChI is InChI=1S/C20H24N2O3/c1-20(24,16-7-3-2-4-8-16)15-19(23)21-17-9-5-6-10-18(17)22-11-13-25-14-12-22/h2-10,24H,11-15H2,1H3,(H,21,23)/t20-/m0/s1. The molecule has 1 fully saturated rings. The van der Waals surface area contributed by atoms with Gasteiger partial charge in [0.15, 0.2) is 0 Å². The lowest BCUT2D eigenvalue weighted by Gasteiger charge is -2.31. The second-order valence-electron chi connectivity index (χ2n) is 6.48. The SMILES string of the molecule is C[C@](O)(CC(=O)Nc1ccccc1N1CCOCC1)c1ccccc1. The largest absolute Gasteiger partial charge is 0.385 e. The van der Waals surface area contributed by atoms with Crippen LogP contribution in [0.15, 0.2) is 54.6 Å². The van der Waals surface area contributed by atoms with Crippen LogP contribution >= 0.6 is 0 Å². The van der Waals surface area contributed by atoms with Gasteiger partial charge in [0.2, 0.25) is 5.91 Å². The summed E-state index contributed by atoms with van der Waals surface area (Å²) in [5.74, 6) is -0.213. The van der Waals surface area contributed by atoms with Crippen molar-refractivity contribution in [3.05, 3.63) is 60.2 Å². The van der Waals surface area contributed by atoms with Gasteiger partial charge in [0.1, 0.15) is 0 Å². The lowest BCUT2D eigenvalue weighted by Crippen LogP contribution is -2.37. The van der Waals surface area contributed by atoms with Crippen molar-refractivity contribution in [2.45, 2.75) is 18.9 Å². The van der Waals surface area contributed by atoms with Crippen LogP contribution in [-0.2, 0) is 15.1 Å². The van der Waals surface area contributed by atoms with Crippen LogP contribution in [-0.4, -0.2) is 37.3 Å². The number of aliphatic hydroxyl groups is 1. The van der Waals surface area contributed by atoms with Crippen LogP contribution in [0.5, 0.6) is 0 Å². The smallest absolute Gasteiger partial charge is 0.227 e. The van der Waals surface area contributed by atoms with Crippen molar-refractivity contribution >= 4 is 17.3 Å². The van der Waals surface area contributed by atoms with Crippen LogP contribution < -0.4 is 10.2 Å². The second-order valence-corrected chi connectivity index (χ2v) is 6.48. The zero-order valence-corrected chi connectivity index (χ0v) is 14.4. The number of anilines is 2. The fourth-order valence-corrected chi connectivity index (χ4v) is 3.07. The van der Waals surface area contributed by atoms with Crippen LogP contribution in [0.2, 0.25) is 0 Å². The summed E-state index contributed by atoms with van der Waals surface area (Å²) >= 11 is 0. The average Bonchev–Trinajstić information content (AvgIpc) is 2.63. The maximum absolute atomic E-state index is 12.5. The summed E-state index contributed by atoms with van der Waals surface area (Å²) in [6.07, 6.45) is -0.00550. The Labute approximate surface area is 148 Å². The molecule has 0 aromatic heterocycles. The molecule has 0 radical (unpaired) electrons. The molecule has 0 spiro atoms. The van der Waals surface area contributed by atoms with Gasteiger partial charge in [-0.15, -0.1) is 0 Å². The number of ether oxygens (including phenoxy) is 1. The summed E-state index contributed by atoms with van der Waals surface area (Å²) in [7, 11) is 0. The minimum absolute atomic E-state index is 0.00550. The molecule has 2 aromatic carbocycles.